The summed E-state index contributed by atoms with van der Waals surface area (Å²) in [6, 6.07) is 26.9. The Morgan fingerprint density at radius 2 is 1.20 bits per heavy atom. The Balaban J connectivity index is 1.23. The second-order valence-electron chi connectivity index (χ2n) is 13.3. The van der Waals surface area contributed by atoms with Crippen molar-refractivity contribution in [2.75, 3.05) is 6.61 Å². The Kier molecular flexibility index (Phi) is 13.0. The molecule has 0 spiro atoms. The van der Waals surface area contributed by atoms with Crippen molar-refractivity contribution in [1.82, 2.24) is 0 Å². The van der Waals surface area contributed by atoms with Crippen LogP contribution in [0.25, 0.3) is 22.3 Å². The van der Waals surface area contributed by atoms with E-state index in [0.29, 0.717) is 22.4 Å². The summed E-state index contributed by atoms with van der Waals surface area (Å²) in [7, 11) is 0. The highest BCUT2D eigenvalue weighted by molar-refractivity contribution is 5.75. The summed E-state index contributed by atoms with van der Waals surface area (Å²) in [4.78, 5) is 22.6. The monoisotopic (exact) mass is 698 g/mol. The summed E-state index contributed by atoms with van der Waals surface area (Å²) in [5.41, 5.74) is 8.31. The van der Waals surface area contributed by atoms with Crippen LogP contribution in [0.3, 0.4) is 0 Å². The zero-order chi connectivity index (χ0) is 36.5. The minimum Gasteiger partial charge on any atom is -0.481 e. The second-order valence-corrected chi connectivity index (χ2v) is 13.3. The molecular formula is C41H46O10. The standard InChI is InChI=1S/C41H46O10/c1-25-14-15-26(20-32(25)30-12-6-10-28(18-30)22-36(43)44)8-4-2-3-5-9-27-16-17-34(50-41-40(49)39(48)38(47)35(24-42)51-41)33(21-27)31-13-7-11-29(19-31)23-37(45)46/h6-7,10-21,35,38-42,47-49H,2-5,8-9,22-24H2,1H3,(H,43,44)(H,45,46)/t35-,38?,39+,40+,41?/m1/s1. The number of carboxylic acid groups (broad SMARTS) is 2. The first-order chi connectivity index (χ1) is 24.5. The van der Waals surface area contributed by atoms with Crippen molar-refractivity contribution in [3.63, 3.8) is 0 Å². The van der Waals surface area contributed by atoms with Crippen LogP contribution < -0.4 is 4.74 Å². The van der Waals surface area contributed by atoms with Gasteiger partial charge in [-0.2, -0.15) is 0 Å². The number of rotatable bonds is 16. The van der Waals surface area contributed by atoms with Crippen molar-refractivity contribution in [3.05, 3.63) is 113 Å². The molecule has 5 rings (SSSR count). The Hall–Kier alpha value is -4.58. The third-order valence-corrected chi connectivity index (χ3v) is 9.31. The Bertz CT molecular complexity index is 1800. The lowest BCUT2D eigenvalue weighted by Crippen LogP contribution is -2.60. The molecule has 0 radical (unpaired) electrons. The number of carboxylic acids is 2. The van der Waals surface area contributed by atoms with Crippen LogP contribution in [0.15, 0.2) is 84.9 Å². The van der Waals surface area contributed by atoms with Gasteiger partial charge >= 0.3 is 11.9 Å². The van der Waals surface area contributed by atoms with Gasteiger partial charge in [0.25, 0.3) is 0 Å². The number of benzene rings is 4. The van der Waals surface area contributed by atoms with E-state index >= 15 is 0 Å². The van der Waals surface area contributed by atoms with Gasteiger partial charge in [0.15, 0.2) is 0 Å². The summed E-state index contributed by atoms with van der Waals surface area (Å²) in [5.74, 6) is -1.47. The quantitative estimate of drug-likeness (QED) is 0.0864. The minimum atomic E-state index is -1.59. The molecule has 2 unspecified atom stereocenters. The molecule has 1 fully saturated rings. The van der Waals surface area contributed by atoms with Crippen LogP contribution >= 0.6 is 0 Å². The largest absolute Gasteiger partial charge is 0.481 e. The molecule has 0 bridgehead atoms. The highest BCUT2D eigenvalue weighted by atomic mass is 16.7. The van der Waals surface area contributed by atoms with Crippen LogP contribution in [0, 0.1) is 6.92 Å². The molecule has 0 saturated carbocycles. The molecule has 0 amide bonds. The second kappa shape index (κ2) is 17.6. The van der Waals surface area contributed by atoms with Gasteiger partial charge in [-0.25, -0.2) is 0 Å². The maximum atomic E-state index is 11.4. The molecule has 10 nitrogen and oxygen atoms in total. The smallest absolute Gasteiger partial charge is 0.307 e. The molecule has 51 heavy (non-hydrogen) atoms. The van der Waals surface area contributed by atoms with Crippen LogP contribution in [0.4, 0.5) is 0 Å². The zero-order valence-electron chi connectivity index (χ0n) is 28.6. The fraction of sp³-hybridized carbons (Fsp3) is 0.366. The Morgan fingerprint density at radius 1 is 0.647 bits per heavy atom. The number of unbranched alkanes of at least 4 members (excludes halogenated alkanes) is 3. The van der Waals surface area contributed by atoms with E-state index in [2.05, 4.69) is 25.1 Å². The van der Waals surface area contributed by atoms with Crippen molar-refractivity contribution >= 4 is 11.9 Å². The summed E-state index contributed by atoms with van der Waals surface area (Å²) in [5, 5.41) is 59.2. The fourth-order valence-electron chi connectivity index (χ4n) is 6.55. The van der Waals surface area contributed by atoms with Gasteiger partial charge in [-0.3, -0.25) is 9.59 Å². The van der Waals surface area contributed by atoms with E-state index in [9.17, 15) is 40.2 Å². The molecule has 4 aromatic rings. The molecule has 1 heterocycles. The van der Waals surface area contributed by atoms with Gasteiger partial charge in [-0.05, 0) is 89.2 Å². The number of hydrogen-bond donors (Lipinski definition) is 6. The first-order valence-corrected chi connectivity index (χ1v) is 17.3. The van der Waals surface area contributed by atoms with Gasteiger partial charge in [0.2, 0.25) is 6.29 Å². The van der Waals surface area contributed by atoms with E-state index in [1.54, 1.807) is 24.3 Å². The molecule has 1 saturated heterocycles. The maximum Gasteiger partial charge on any atom is 0.307 e. The molecular weight excluding hydrogens is 652 g/mol. The van der Waals surface area contributed by atoms with Crippen LogP contribution in [0.1, 0.15) is 53.5 Å². The summed E-state index contributed by atoms with van der Waals surface area (Å²) < 4.78 is 11.6. The molecule has 6 N–H and O–H groups in total. The van der Waals surface area contributed by atoms with Crippen molar-refractivity contribution in [2.45, 2.75) is 89.0 Å². The van der Waals surface area contributed by atoms with E-state index in [1.165, 1.54) is 5.56 Å². The predicted molar refractivity (Wildman–Crippen MR) is 191 cm³/mol. The van der Waals surface area contributed by atoms with Crippen LogP contribution in [-0.4, -0.2) is 79.9 Å². The average molecular weight is 699 g/mol. The van der Waals surface area contributed by atoms with Gasteiger partial charge in [-0.1, -0.05) is 85.6 Å². The van der Waals surface area contributed by atoms with E-state index in [0.717, 1.165) is 66.3 Å². The molecule has 270 valence electrons. The lowest BCUT2D eigenvalue weighted by atomic mass is 9.94. The number of hydrogen-bond acceptors (Lipinski definition) is 8. The first kappa shape index (κ1) is 37.7. The van der Waals surface area contributed by atoms with Crippen LogP contribution in [0.5, 0.6) is 5.75 Å². The molecule has 0 aliphatic carbocycles. The van der Waals surface area contributed by atoms with E-state index in [1.807, 2.05) is 42.5 Å². The van der Waals surface area contributed by atoms with E-state index < -0.39 is 49.3 Å². The average Bonchev–Trinajstić information content (AvgIpc) is 3.10. The topological polar surface area (TPSA) is 174 Å². The van der Waals surface area contributed by atoms with Gasteiger partial charge < -0.3 is 40.1 Å². The molecule has 1 aliphatic rings. The zero-order valence-corrected chi connectivity index (χ0v) is 28.6. The third kappa shape index (κ3) is 10.0. The predicted octanol–water partition coefficient (Wildman–Crippen LogP) is 5.11. The van der Waals surface area contributed by atoms with Gasteiger partial charge in [0, 0.05) is 5.56 Å². The molecule has 4 aromatic carbocycles. The maximum absolute atomic E-state index is 11.4. The molecule has 0 aromatic heterocycles. The summed E-state index contributed by atoms with van der Waals surface area (Å²) in [6.07, 6.45) is -1.56. The minimum absolute atomic E-state index is 0.00601. The highest BCUT2D eigenvalue weighted by Crippen LogP contribution is 2.35. The fourth-order valence-corrected chi connectivity index (χ4v) is 6.55. The van der Waals surface area contributed by atoms with Crippen LogP contribution in [0.2, 0.25) is 0 Å². The van der Waals surface area contributed by atoms with Crippen molar-refractivity contribution < 1.29 is 49.7 Å². The number of aliphatic hydroxyl groups excluding tert-OH is 4. The van der Waals surface area contributed by atoms with Gasteiger partial charge in [0.1, 0.15) is 30.2 Å². The number of carbonyl (C=O) groups is 2. The number of aliphatic carboxylic acids is 2. The lowest BCUT2D eigenvalue weighted by Gasteiger charge is -2.39. The van der Waals surface area contributed by atoms with Crippen LogP contribution in [-0.2, 0) is 40.0 Å². The van der Waals surface area contributed by atoms with Gasteiger partial charge in [-0.15, -0.1) is 0 Å². The van der Waals surface area contributed by atoms with E-state index in [-0.39, 0.29) is 12.8 Å². The number of aryl methyl sites for hydroxylation is 3. The normalized spacial score (nSPS) is 20.2. The van der Waals surface area contributed by atoms with E-state index in [4.69, 9.17) is 9.47 Å². The third-order valence-electron chi connectivity index (χ3n) is 9.31. The SMILES string of the molecule is Cc1ccc(CCCCCCc2ccc(OC3O[C@H](CO)C(O)[C@H](O)[C@@H]3O)c(-c3cccc(CC(=O)O)c3)c2)cc1-c1cccc(CC(=O)O)c1. The number of aliphatic hydroxyl groups is 4. The molecule has 1 aliphatic heterocycles. The van der Waals surface area contributed by atoms with Crippen molar-refractivity contribution in [3.8, 4) is 28.0 Å². The Labute approximate surface area is 297 Å². The van der Waals surface area contributed by atoms with Gasteiger partial charge in [0.05, 0.1) is 19.4 Å². The highest BCUT2D eigenvalue weighted by Gasteiger charge is 2.45. The van der Waals surface area contributed by atoms with Crippen molar-refractivity contribution in [1.29, 1.82) is 0 Å². The lowest BCUT2D eigenvalue weighted by molar-refractivity contribution is -0.277. The molecule has 5 atom stereocenters. The molecule has 10 heteroatoms. The summed E-state index contributed by atoms with van der Waals surface area (Å²) >= 11 is 0. The Morgan fingerprint density at radius 3 is 1.76 bits per heavy atom. The number of ether oxygens (including phenoxy) is 2. The first-order valence-electron chi connectivity index (χ1n) is 17.3. The van der Waals surface area contributed by atoms with Crippen molar-refractivity contribution in [2.24, 2.45) is 0 Å². The summed E-state index contributed by atoms with van der Waals surface area (Å²) in [6.45, 7) is 1.49.